The van der Waals surface area contributed by atoms with Crippen LogP contribution in [0.1, 0.15) is 24.5 Å². The maximum absolute atomic E-state index is 5.88. The molecule has 0 heterocycles. The second kappa shape index (κ2) is 10.4. The Morgan fingerprint density at radius 1 is 1.16 bits per heavy atom. The zero-order valence-electron chi connectivity index (χ0n) is 14.5. The van der Waals surface area contributed by atoms with Gasteiger partial charge in [-0.3, -0.25) is 0 Å². The van der Waals surface area contributed by atoms with Gasteiger partial charge in [0.15, 0.2) is 16.7 Å². The van der Waals surface area contributed by atoms with Crippen LogP contribution in [0.15, 0.2) is 58.7 Å². The Morgan fingerprint density at radius 2 is 1.96 bits per heavy atom. The molecule has 0 aliphatic heterocycles. The van der Waals surface area contributed by atoms with Gasteiger partial charge in [-0.2, -0.15) is 5.10 Å². The Bertz CT molecular complexity index is 718. The van der Waals surface area contributed by atoms with E-state index in [1.165, 1.54) is 17.3 Å². The number of hydrogen-bond donors (Lipinski definition) is 1. The molecule has 0 saturated heterocycles. The number of hydrogen-bond acceptors (Lipinski definition) is 5. The normalized spacial score (nSPS) is 11.7. The fraction of sp³-hybridized carbons (Fsp3) is 0.263. The highest BCUT2D eigenvalue weighted by molar-refractivity contribution is 8.13. The number of methoxy groups -OCH3 is 1. The molecule has 0 spiro atoms. The Hall–Kier alpha value is -2.47. The fourth-order valence-electron chi connectivity index (χ4n) is 2.01. The first-order valence-corrected chi connectivity index (χ1v) is 9.05. The van der Waals surface area contributed by atoms with Crippen molar-refractivity contribution < 1.29 is 9.47 Å². The average molecular weight is 357 g/mol. The van der Waals surface area contributed by atoms with Gasteiger partial charge in [-0.1, -0.05) is 49.0 Å². The third-order valence-corrected chi connectivity index (χ3v) is 4.10. The zero-order chi connectivity index (χ0) is 17.9. The van der Waals surface area contributed by atoms with Gasteiger partial charge in [0.05, 0.1) is 19.9 Å². The second-order valence-corrected chi connectivity index (χ2v) is 6.21. The topological polar surface area (TPSA) is 69.2 Å². The molecule has 0 amide bonds. The highest BCUT2D eigenvalue weighted by atomic mass is 32.2. The van der Waals surface area contributed by atoms with Crippen LogP contribution in [0, 0.1) is 0 Å². The van der Waals surface area contributed by atoms with Crippen LogP contribution in [0.25, 0.3) is 0 Å². The van der Waals surface area contributed by atoms with Crippen molar-refractivity contribution in [2.45, 2.75) is 19.1 Å². The maximum Gasteiger partial charge on any atom is 0.180 e. The number of benzene rings is 2. The lowest BCUT2D eigenvalue weighted by atomic mass is 10.2. The van der Waals surface area contributed by atoms with Gasteiger partial charge in [-0.15, -0.1) is 5.10 Å². The Morgan fingerprint density at radius 3 is 2.68 bits per heavy atom. The maximum atomic E-state index is 5.88. The van der Waals surface area contributed by atoms with Gasteiger partial charge in [0.2, 0.25) is 0 Å². The molecule has 0 unspecified atom stereocenters. The summed E-state index contributed by atoms with van der Waals surface area (Å²) in [7, 11) is 1.62. The van der Waals surface area contributed by atoms with Crippen LogP contribution in [-0.4, -0.2) is 25.1 Å². The van der Waals surface area contributed by atoms with Crippen LogP contribution < -0.4 is 15.2 Å². The number of nitrogens with two attached hydrogens (primary N) is 1. The van der Waals surface area contributed by atoms with E-state index in [-0.39, 0.29) is 0 Å². The lowest BCUT2D eigenvalue weighted by molar-refractivity contribution is 0.294. The summed E-state index contributed by atoms with van der Waals surface area (Å²) >= 11 is 1.45. The monoisotopic (exact) mass is 357 g/mol. The predicted molar refractivity (Wildman–Crippen MR) is 106 cm³/mol. The first-order valence-electron chi connectivity index (χ1n) is 8.07. The van der Waals surface area contributed by atoms with Crippen molar-refractivity contribution in [3.05, 3.63) is 59.7 Å². The molecule has 0 aliphatic rings. The molecule has 25 heavy (non-hydrogen) atoms. The summed E-state index contributed by atoms with van der Waals surface area (Å²) in [5.41, 5.74) is 7.95. The van der Waals surface area contributed by atoms with Gasteiger partial charge >= 0.3 is 0 Å². The molecule has 0 radical (unpaired) electrons. The van der Waals surface area contributed by atoms with E-state index in [0.29, 0.717) is 23.3 Å². The second-order valence-electron chi connectivity index (χ2n) is 5.22. The average Bonchev–Trinajstić information content (AvgIpc) is 2.65. The fourth-order valence-corrected chi connectivity index (χ4v) is 2.62. The van der Waals surface area contributed by atoms with Gasteiger partial charge in [-0.05, 0) is 35.7 Å². The van der Waals surface area contributed by atoms with E-state index in [0.717, 1.165) is 17.7 Å². The minimum absolute atomic E-state index is 0.427. The SMILES string of the molecule is CCCOc1cc(C=NN=C(N)SCc2ccccc2)ccc1OC. The highest BCUT2D eigenvalue weighted by Gasteiger charge is 2.04. The van der Waals surface area contributed by atoms with Crippen LogP contribution >= 0.6 is 11.8 Å². The van der Waals surface area contributed by atoms with Crippen LogP contribution in [0.2, 0.25) is 0 Å². The number of nitrogens with zero attached hydrogens (tertiary/aromatic N) is 2. The number of rotatable bonds is 8. The molecule has 132 valence electrons. The first-order chi connectivity index (χ1) is 12.2. The standard InChI is InChI=1S/C19H23N3O2S/c1-3-11-24-18-12-16(9-10-17(18)23-2)13-21-22-19(20)25-14-15-7-5-4-6-8-15/h4-10,12-13H,3,11,14H2,1-2H3,(H2,20,22). The third-order valence-electron chi connectivity index (χ3n) is 3.24. The van der Waals surface area contributed by atoms with Crippen LogP contribution in [0.4, 0.5) is 0 Å². The highest BCUT2D eigenvalue weighted by Crippen LogP contribution is 2.27. The van der Waals surface area contributed by atoms with E-state index in [4.69, 9.17) is 15.2 Å². The summed E-state index contributed by atoms with van der Waals surface area (Å²) < 4.78 is 11.0. The van der Waals surface area contributed by atoms with Crippen molar-refractivity contribution in [2.75, 3.05) is 13.7 Å². The van der Waals surface area contributed by atoms with E-state index in [1.807, 2.05) is 36.4 Å². The Kier molecular flexibility index (Phi) is 7.85. The van der Waals surface area contributed by atoms with Gasteiger partial charge in [-0.25, -0.2) is 0 Å². The smallest absolute Gasteiger partial charge is 0.180 e. The summed E-state index contributed by atoms with van der Waals surface area (Å²) in [5.74, 6) is 2.17. The molecule has 2 aromatic carbocycles. The van der Waals surface area contributed by atoms with Crippen molar-refractivity contribution >= 4 is 23.1 Å². The van der Waals surface area contributed by atoms with Gasteiger partial charge < -0.3 is 15.2 Å². The molecule has 0 atom stereocenters. The number of amidine groups is 1. The van der Waals surface area contributed by atoms with Gasteiger partial charge in [0.1, 0.15) is 0 Å². The van der Waals surface area contributed by atoms with Crippen molar-refractivity contribution in [3.63, 3.8) is 0 Å². The van der Waals surface area contributed by atoms with Gasteiger partial charge in [0, 0.05) is 5.75 Å². The quantitative estimate of drug-likeness (QED) is 0.439. The lowest BCUT2D eigenvalue weighted by Crippen LogP contribution is -2.06. The minimum Gasteiger partial charge on any atom is -0.493 e. The molecular formula is C19H23N3O2S. The third kappa shape index (κ3) is 6.51. The van der Waals surface area contributed by atoms with E-state index in [1.54, 1.807) is 13.3 Å². The molecule has 5 nitrogen and oxygen atoms in total. The molecule has 2 aromatic rings. The molecular weight excluding hydrogens is 334 g/mol. The molecule has 0 aliphatic carbocycles. The van der Waals surface area contributed by atoms with Crippen LogP contribution in [-0.2, 0) is 5.75 Å². The van der Waals surface area contributed by atoms with Crippen molar-refractivity contribution in [2.24, 2.45) is 15.9 Å². The summed E-state index contributed by atoms with van der Waals surface area (Å²) in [4.78, 5) is 0. The summed E-state index contributed by atoms with van der Waals surface area (Å²) in [6.45, 7) is 2.70. The summed E-state index contributed by atoms with van der Waals surface area (Å²) in [6, 6.07) is 15.7. The summed E-state index contributed by atoms with van der Waals surface area (Å²) in [6.07, 6.45) is 2.58. The largest absolute Gasteiger partial charge is 0.493 e. The number of ether oxygens (including phenoxy) is 2. The Labute approximate surface area is 152 Å². The van der Waals surface area contributed by atoms with Crippen molar-refractivity contribution in [1.82, 2.24) is 0 Å². The Balaban J connectivity index is 1.95. The molecule has 0 saturated carbocycles. The van der Waals surface area contributed by atoms with Crippen LogP contribution in [0.5, 0.6) is 11.5 Å². The number of thioether (sulfide) groups is 1. The zero-order valence-corrected chi connectivity index (χ0v) is 15.3. The molecule has 0 fully saturated rings. The van der Waals surface area contributed by atoms with Crippen molar-refractivity contribution in [1.29, 1.82) is 0 Å². The van der Waals surface area contributed by atoms with E-state index in [9.17, 15) is 0 Å². The molecule has 2 rings (SSSR count). The summed E-state index contributed by atoms with van der Waals surface area (Å²) in [5, 5.41) is 8.50. The van der Waals surface area contributed by atoms with E-state index in [2.05, 4.69) is 29.3 Å². The van der Waals surface area contributed by atoms with Crippen molar-refractivity contribution in [3.8, 4) is 11.5 Å². The molecule has 0 bridgehead atoms. The minimum atomic E-state index is 0.427. The first kappa shape index (κ1) is 18.9. The lowest BCUT2D eigenvalue weighted by Gasteiger charge is -2.10. The van der Waals surface area contributed by atoms with E-state index >= 15 is 0 Å². The molecule has 0 aromatic heterocycles. The van der Waals surface area contributed by atoms with Gasteiger partial charge in [0.25, 0.3) is 0 Å². The molecule has 2 N–H and O–H groups in total. The predicted octanol–water partition coefficient (Wildman–Crippen LogP) is 4.07. The van der Waals surface area contributed by atoms with E-state index < -0.39 is 0 Å². The van der Waals surface area contributed by atoms with Crippen LogP contribution in [0.3, 0.4) is 0 Å². The molecule has 6 heteroatoms.